The lowest BCUT2D eigenvalue weighted by atomic mass is 9.77. The minimum Gasteiger partial charge on any atom is -0.490 e. The Balaban J connectivity index is 1.83. The molecule has 128 valence electrons. The summed E-state index contributed by atoms with van der Waals surface area (Å²) in [4.78, 5) is 0. The molecule has 2 aliphatic rings. The number of sulfonamides is 1. The second kappa shape index (κ2) is 6.29. The summed E-state index contributed by atoms with van der Waals surface area (Å²) in [5, 5.41) is 0. The minimum atomic E-state index is -4.00. The third-order valence-electron chi connectivity index (χ3n) is 4.29. The first kappa shape index (κ1) is 16.5. The molecule has 3 atom stereocenters. The Morgan fingerprint density at radius 1 is 1.26 bits per heavy atom. The van der Waals surface area contributed by atoms with Crippen LogP contribution in [-0.2, 0) is 14.8 Å². The molecule has 1 fully saturated rings. The summed E-state index contributed by atoms with van der Waals surface area (Å²) < 4.78 is 75.7. The van der Waals surface area contributed by atoms with Crippen LogP contribution in [-0.4, -0.2) is 40.3 Å². The predicted molar refractivity (Wildman–Crippen MR) is 75.3 cm³/mol. The van der Waals surface area contributed by atoms with Gasteiger partial charge in [-0.25, -0.2) is 26.3 Å². The molecule has 0 spiro atoms. The van der Waals surface area contributed by atoms with Crippen molar-refractivity contribution in [3.63, 3.8) is 0 Å². The van der Waals surface area contributed by atoms with Gasteiger partial charge in [-0.3, -0.25) is 0 Å². The van der Waals surface area contributed by atoms with Crippen LogP contribution in [0.15, 0.2) is 12.1 Å². The lowest BCUT2D eigenvalue weighted by Crippen LogP contribution is -2.47. The number of ether oxygens (including phenoxy) is 2. The van der Waals surface area contributed by atoms with E-state index in [9.17, 15) is 21.6 Å². The highest BCUT2D eigenvalue weighted by Crippen LogP contribution is 2.45. The first-order chi connectivity index (χ1) is 10.9. The number of hydrogen-bond acceptors (Lipinski definition) is 4. The van der Waals surface area contributed by atoms with Crippen molar-refractivity contribution in [2.24, 2.45) is 5.92 Å². The summed E-state index contributed by atoms with van der Waals surface area (Å²) in [7, 11) is -4.00. The average molecular weight is 351 g/mol. The summed E-state index contributed by atoms with van der Waals surface area (Å²) >= 11 is 0. The van der Waals surface area contributed by atoms with Crippen molar-refractivity contribution in [3.8, 4) is 5.75 Å². The van der Waals surface area contributed by atoms with Gasteiger partial charge in [0, 0.05) is 30.6 Å². The van der Waals surface area contributed by atoms with E-state index in [1.165, 1.54) is 0 Å². The van der Waals surface area contributed by atoms with E-state index in [0.29, 0.717) is 6.42 Å². The van der Waals surface area contributed by atoms with E-state index in [0.717, 1.165) is 12.1 Å². The molecule has 2 unspecified atom stereocenters. The van der Waals surface area contributed by atoms with E-state index in [1.807, 2.05) is 0 Å². The molecule has 0 aliphatic carbocycles. The van der Waals surface area contributed by atoms with Gasteiger partial charge in [-0.2, -0.15) is 0 Å². The smallest absolute Gasteiger partial charge is 0.241 e. The van der Waals surface area contributed by atoms with Gasteiger partial charge in [-0.15, -0.1) is 0 Å². The molecule has 0 aromatic heterocycles. The first-order valence-electron chi connectivity index (χ1n) is 7.18. The highest BCUT2D eigenvalue weighted by Gasteiger charge is 2.42. The van der Waals surface area contributed by atoms with Gasteiger partial charge in [0.25, 0.3) is 0 Å². The summed E-state index contributed by atoms with van der Waals surface area (Å²) in [6, 6.07) is 0.545. The van der Waals surface area contributed by atoms with E-state index in [1.54, 1.807) is 0 Å². The van der Waals surface area contributed by atoms with Gasteiger partial charge in [-0.1, -0.05) is 0 Å². The summed E-state index contributed by atoms with van der Waals surface area (Å²) in [5.41, 5.74) is 0.169. The zero-order chi connectivity index (χ0) is 16.6. The van der Waals surface area contributed by atoms with E-state index >= 15 is 0 Å². The van der Waals surface area contributed by atoms with Crippen molar-refractivity contribution >= 4 is 10.0 Å². The normalized spacial score (nSPS) is 27.0. The highest BCUT2D eigenvalue weighted by molar-refractivity contribution is 7.89. The fraction of sp³-hybridized carbons (Fsp3) is 0.571. The molecule has 9 heteroatoms. The van der Waals surface area contributed by atoms with Crippen molar-refractivity contribution in [2.75, 3.05) is 25.8 Å². The van der Waals surface area contributed by atoms with E-state index in [2.05, 4.69) is 4.72 Å². The summed E-state index contributed by atoms with van der Waals surface area (Å²) in [6.07, 6.45) is -0.112. The molecule has 23 heavy (non-hydrogen) atoms. The number of rotatable bonds is 4. The molecule has 1 N–H and O–H groups in total. The van der Waals surface area contributed by atoms with Crippen molar-refractivity contribution < 1.29 is 31.1 Å². The predicted octanol–water partition coefficient (Wildman–Crippen LogP) is 1.69. The van der Waals surface area contributed by atoms with Crippen LogP contribution in [0.25, 0.3) is 0 Å². The van der Waals surface area contributed by atoms with Gasteiger partial charge in [0.2, 0.25) is 16.0 Å². The monoisotopic (exact) mass is 351 g/mol. The Morgan fingerprint density at radius 3 is 2.74 bits per heavy atom. The van der Waals surface area contributed by atoms with Gasteiger partial charge in [-0.05, 0) is 18.6 Å². The number of halogens is 3. The maximum atomic E-state index is 14.1. The van der Waals surface area contributed by atoms with Gasteiger partial charge < -0.3 is 9.47 Å². The molecular formula is C14H16F3NO4S. The largest absolute Gasteiger partial charge is 0.490 e. The van der Waals surface area contributed by atoms with Crippen molar-refractivity contribution in [1.82, 2.24) is 4.72 Å². The Kier molecular flexibility index (Phi) is 4.52. The second-order valence-electron chi connectivity index (χ2n) is 5.62. The maximum absolute atomic E-state index is 14.1. The topological polar surface area (TPSA) is 64.6 Å². The molecule has 5 nitrogen and oxygen atoms in total. The zero-order valence-corrected chi connectivity index (χ0v) is 12.9. The number of benzene rings is 1. The molecular weight excluding hydrogens is 335 g/mol. The van der Waals surface area contributed by atoms with Crippen LogP contribution in [0.4, 0.5) is 13.2 Å². The van der Waals surface area contributed by atoms with Crippen LogP contribution < -0.4 is 9.46 Å². The third-order valence-corrected chi connectivity index (χ3v) is 5.18. The molecule has 1 aromatic carbocycles. The van der Waals surface area contributed by atoms with Crippen molar-refractivity contribution in [2.45, 2.75) is 18.4 Å². The van der Waals surface area contributed by atoms with Crippen LogP contribution in [0.2, 0.25) is 0 Å². The standard InChI is InChI=1S/C14H16F3NO4S/c15-7-23(19,20)18-5-12-9-6-22-14-11(17)2-1-10(16)13(14)8(9)3-4-21-12/h1-2,8-9,12,18H,3-7H2/t8?,9?,12-/m0/s1. The SMILES string of the molecule is O=S(=O)(CF)NC[C@@H]1OCCC2c3c(F)ccc(F)c3OCC21. The Hall–Kier alpha value is -1.32. The molecule has 2 heterocycles. The van der Waals surface area contributed by atoms with Crippen LogP contribution in [0.3, 0.4) is 0 Å². The second-order valence-corrected chi connectivity index (χ2v) is 7.36. The van der Waals surface area contributed by atoms with Crippen LogP contribution in [0, 0.1) is 17.6 Å². The first-order valence-corrected chi connectivity index (χ1v) is 8.84. The number of nitrogens with one attached hydrogen (secondary N) is 1. The molecule has 0 radical (unpaired) electrons. The molecule has 1 aromatic rings. The number of alkyl halides is 1. The van der Waals surface area contributed by atoms with Crippen LogP contribution in [0.1, 0.15) is 17.9 Å². The average Bonchev–Trinajstić information content (AvgIpc) is 2.55. The van der Waals surface area contributed by atoms with Crippen LogP contribution in [0.5, 0.6) is 5.75 Å². The molecule has 0 bridgehead atoms. The van der Waals surface area contributed by atoms with Gasteiger partial charge in [0.15, 0.2) is 11.6 Å². The van der Waals surface area contributed by atoms with Crippen LogP contribution >= 0.6 is 0 Å². The van der Waals surface area contributed by atoms with Gasteiger partial charge in [0.05, 0.1) is 12.7 Å². The molecule has 1 saturated heterocycles. The molecule has 3 rings (SSSR count). The van der Waals surface area contributed by atoms with E-state index in [-0.39, 0.29) is 42.9 Å². The lowest BCUT2D eigenvalue weighted by Gasteiger charge is -2.41. The Morgan fingerprint density at radius 2 is 2.00 bits per heavy atom. The number of hydrogen-bond donors (Lipinski definition) is 1. The third kappa shape index (κ3) is 3.17. The van der Waals surface area contributed by atoms with E-state index in [4.69, 9.17) is 9.47 Å². The molecule has 2 aliphatic heterocycles. The Bertz CT molecular complexity index is 698. The van der Waals surface area contributed by atoms with Gasteiger partial charge >= 0.3 is 0 Å². The van der Waals surface area contributed by atoms with Crippen molar-refractivity contribution in [3.05, 3.63) is 29.3 Å². The van der Waals surface area contributed by atoms with Gasteiger partial charge in [0.1, 0.15) is 5.82 Å². The fourth-order valence-corrected chi connectivity index (χ4v) is 3.70. The fourth-order valence-electron chi connectivity index (χ4n) is 3.20. The number of fused-ring (bicyclic) bond motifs is 3. The van der Waals surface area contributed by atoms with E-state index < -0.39 is 33.8 Å². The Labute approximate surface area is 131 Å². The van der Waals surface area contributed by atoms with Crippen molar-refractivity contribution in [1.29, 1.82) is 0 Å². The summed E-state index contributed by atoms with van der Waals surface area (Å²) in [5.74, 6) is -1.93. The minimum absolute atomic E-state index is 0.0834. The maximum Gasteiger partial charge on any atom is 0.241 e. The zero-order valence-electron chi connectivity index (χ0n) is 12.1. The quantitative estimate of drug-likeness (QED) is 0.897. The lowest BCUT2D eigenvalue weighted by molar-refractivity contribution is -0.0568. The summed E-state index contributed by atoms with van der Waals surface area (Å²) in [6.45, 7) is 0.224. The molecule has 0 amide bonds. The highest BCUT2D eigenvalue weighted by atomic mass is 32.2. The molecule has 0 saturated carbocycles.